The molecule has 120 valence electrons. The molecule has 2 rings (SSSR count). The number of hydrogen-bond donors (Lipinski definition) is 2. The van der Waals surface area contributed by atoms with E-state index in [2.05, 4.69) is 10.6 Å². The molecule has 0 radical (unpaired) electrons. The molecule has 2 aromatic rings. The fourth-order valence-electron chi connectivity index (χ4n) is 1.80. The number of ether oxygens (including phenoxy) is 1. The van der Waals surface area contributed by atoms with Gasteiger partial charge in [0.1, 0.15) is 5.75 Å². The SMILES string of the molecule is CNC(=O)c1cccc(NC(=O)COc2ccc(Cl)c(Cl)c2)c1. The van der Waals surface area contributed by atoms with Crippen LogP contribution in [0.5, 0.6) is 5.75 Å². The highest BCUT2D eigenvalue weighted by atomic mass is 35.5. The summed E-state index contributed by atoms with van der Waals surface area (Å²) >= 11 is 11.7. The van der Waals surface area contributed by atoms with E-state index >= 15 is 0 Å². The van der Waals surface area contributed by atoms with E-state index < -0.39 is 0 Å². The molecule has 7 heteroatoms. The molecular formula is C16H14Cl2N2O3. The Hall–Kier alpha value is -2.24. The van der Waals surface area contributed by atoms with Crippen molar-refractivity contribution in [2.24, 2.45) is 0 Å². The number of benzene rings is 2. The molecule has 5 nitrogen and oxygen atoms in total. The first-order valence-corrected chi connectivity index (χ1v) is 7.45. The van der Waals surface area contributed by atoms with E-state index in [4.69, 9.17) is 27.9 Å². The molecule has 0 aromatic heterocycles. The highest BCUT2D eigenvalue weighted by Crippen LogP contribution is 2.26. The van der Waals surface area contributed by atoms with Gasteiger partial charge in [-0.15, -0.1) is 0 Å². The summed E-state index contributed by atoms with van der Waals surface area (Å²) in [7, 11) is 1.54. The molecule has 0 aliphatic rings. The van der Waals surface area contributed by atoms with Gasteiger partial charge in [0.25, 0.3) is 11.8 Å². The number of carbonyl (C=O) groups is 2. The molecule has 2 N–H and O–H groups in total. The third kappa shape index (κ3) is 4.87. The van der Waals surface area contributed by atoms with Crippen molar-refractivity contribution in [2.45, 2.75) is 0 Å². The van der Waals surface area contributed by atoms with Crippen LogP contribution >= 0.6 is 23.2 Å². The summed E-state index contributed by atoms with van der Waals surface area (Å²) in [6.45, 7) is -0.192. The molecule has 0 bridgehead atoms. The lowest BCUT2D eigenvalue weighted by Gasteiger charge is -2.09. The van der Waals surface area contributed by atoms with Gasteiger partial charge in [0.15, 0.2) is 6.61 Å². The molecule has 0 heterocycles. The van der Waals surface area contributed by atoms with E-state index in [-0.39, 0.29) is 18.4 Å². The Kier molecular flexibility index (Phi) is 5.84. The maximum Gasteiger partial charge on any atom is 0.262 e. The lowest BCUT2D eigenvalue weighted by molar-refractivity contribution is -0.118. The van der Waals surface area contributed by atoms with E-state index in [9.17, 15) is 9.59 Å². The molecule has 0 saturated carbocycles. The highest BCUT2D eigenvalue weighted by molar-refractivity contribution is 6.42. The van der Waals surface area contributed by atoms with Crippen LogP contribution in [0.15, 0.2) is 42.5 Å². The van der Waals surface area contributed by atoms with Crippen molar-refractivity contribution in [1.29, 1.82) is 0 Å². The van der Waals surface area contributed by atoms with Gasteiger partial charge in [-0.2, -0.15) is 0 Å². The van der Waals surface area contributed by atoms with E-state index in [0.29, 0.717) is 27.0 Å². The predicted octanol–water partition coefficient (Wildman–Crippen LogP) is 3.37. The monoisotopic (exact) mass is 352 g/mol. The molecule has 2 amide bonds. The average molecular weight is 353 g/mol. The Labute approximate surface area is 143 Å². The minimum Gasteiger partial charge on any atom is -0.484 e. The zero-order valence-electron chi connectivity index (χ0n) is 12.2. The van der Waals surface area contributed by atoms with Gasteiger partial charge in [-0.05, 0) is 30.3 Å². The van der Waals surface area contributed by atoms with Crippen LogP contribution in [-0.4, -0.2) is 25.5 Å². The summed E-state index contributed by atoms with van der Waals surface area (Å²) in [6, 6.07) is 11.3. The second-order valence-electron chi connectivity index (χ2n) is 4.57. The van der Waals surface area contributed by atoms with Gasteiger partial charge in [-0.25, -0.2) is 0 Å². The van der Waals surface area contributed by atoms with Gasteiger partial charge >= 0.3 is 0 Å². The van der Waals surface area contributed by atoms with Gasteiger partial charge in [-0.3, -0.25) is 9.59 Å². The molecule has 0 aliphatic carbocycles. The molecule has 0 fully saturated rings. The number of halogens is 2. The van der Waals surface area contributed by atoms with Crippen molar-refractivity contribution >= 4 is 40.7 Å². The Morgan fingerprint density at radius 3 is 2.57 bits per heavy atom. The van der Waals surface area contributed by atoms with Crippen molar-refractivity contribution in [1.82, 2.24) is 5.32 Å². The summed E-state index contributed by atoms with van der Waals surface area (Å²) in [5, 5.41) is 5.93. The van der Waals surface area contributed by atoms with E-state index in [1.165, 1.54) is 6.07 Å². The maximum absolute atomic E-state index is 11.9. The minimum atomic E-state index is -0.356. The summed E-state index contributed by atoms with van der Waals surface area (Å²) in [5.74, 6) is -0.146. The summed E-state index contributed by atoms with van der Waals surface area (Å²) < 4.78 is 5.34. The third-order valence-electron chi connectivity index (χ3n) is 2.90. The normalized spacial score (nSPS) is 10.0. The van der Waals surface area contributed by atoms with Gasteiger partial charge in [0.05, 0.1) is 10.0 Å². The first-order valence-electron chi connectivity index (χ1n) is 6.69. The molecule has 0 unspecified atom stereocenters. The van der Waals surface area contributed by atoms with E-state index in [0.717, 1.165) is 0 Å². The van der Waals surface area contributed by atoms with Gasteiger partial charge in [0, 0.05) is 24.4 Å². The molecule has 2 aromatic carbocycles. The fraction of sp³-hybridized carbons (Fsp3) is 0.125. The highest BCUT2D eigenvalue weighted by Gasteiger charge is 2.08. The number of rotatable bonds is 5. The molecule has 0 spiro atoms. The van der Waals surface area contributed by atoms with Crippen LogP contribution in [0, 0.1) is 0 Å². The van der Waals surface area contributed by atoms with Gasteiger partial charge in [0.2, 0.25) is 0 Å². The Morgan fingerprint density at radius 2 is 1.87 bits per heavy atom. The van der Waals surface area contributed by atoms with E-state index in [1.807, 2.05) is 0 Å². The topological polar surface area (TPSA) is 67.4 Å². The molecule has 0 atom stereocenters. The Bertz CT molecular complexity index is 735. The lowest BCUT2D eigenvalue weighted by atomic mass is 10.2. The Morgan fingerprint density at radius 1 is 1.09 bits per heavy atom. The molecule has 0 saturated heterocycles. The van der Waals surface area contributed by atoms with Gasteiger partial charge < -0.3 is 15.4 Å². The van der Waals surface area contributed by atoms with Crippen molar-refractivity contribution in [3.05, 3.63) is 58.1 Å². The second kappa shape index (κ2) is 7.85. The van der Waals surface area contributed by atoms with Crippen molar-refractivity contribution in [3.63, 3.8) is 0 Å². The quantitative estimate of drug-likeness (QED) is 0.866. The van der Waals surface area contributed by atoms with E-state index in [1.54, 1.807) is 43.4 Å². The maximum atomic E-state index is 11.9. The average Bonchev–Trinajstić information content (AvgIpc) is 2.55. The number of nitrogens with one attached hydrogen (secondary N) is 2. The first kappa shape index (κ1) is 17.1. The lowest BCUT2D eigenvalue weighted by Crippen LogP contribution is -2.21. The molecule has 0 aliphatic heterocycles. The van der Waals surface area contributed by atoms with Crippen molar-refractivity contribution < 1.29 is 14.3 Å². The van der Waals surface area contributed by atoms with Gasteiger partial charge in [-0.1, -0.05) is 29.3 Å². The minimum absolute atomic E-state index is 0.192. The zero-order valence-corrected chi connectivity index (χ0v) is 13.7. The number of amides is 2. The van der Waals surface area contributed by atoms with Crippen molar-refractivity contribution in [2.75, 3.05) is 19.0 Å². The van der Waals surface area contributed by atoms with Crippen LogP contribution in [0.4, 0.5) is 5.69 Å². The smallest absolute Gasteiger partial charge is 0.262 e. The standard InChI is InChI=1S/C16H14Cl2N2O3/c1-19-16(22)10-3-2-4-11(7-10)20-15(21)9-23-12-5-6-13(17)14(18)8-12/h2-8H,9H2,1H3,(H,19,22)(H,20,21). The summed E-state index contributed by atoms with van der Waals surface area (Å²) in [6.07, 6.45) is 0. The number of anilines is 1. The fourth-order valence-corrected chi connectivity index (χ4v) is 2.08. The number of hydrogen-bond acceptors (Lipinski definition) is 3. The largest absolute Gasteiger partial charge is 0.484 e. The first-order chi connectivity index (χ1) is 11.0. The molecular weight excluding hydrogens is 339 g/mol. The number of carbonyl (C=O) groups excluding carboxylic acids is 2. The third-order valence-corrected chi connectivity index (χ3v) is 3.64. The van der Waals surface area contributed by atoms with Crippen LogP contribution in [0.1, 0.15) is 10.4 Å². The molecule has 23 heavy (non-hydrogen) atoms. The van der Waals surface area contributed by atoms with Crippen LogP contribution in [0.25, 0.3) is 0 Å². The van der Waals surface area contributed by atoms with Crippen LogP contribution in [-0.2, 0) is 4.79 Å². The van der Waals surface area contributed by atoms with Crippen LogP contribution in [0.2, 0.25) is 10.0 Å². The predicted molar refractivity (Wildman–Crippen MR) is 90.4 cm³/mol. The zero-order chi connectivity index (χ0) is 16.8. The second-order valence-corrected chi connectivity index (χ2v) is 5.39. The summed E-state index contributed by atoms with van der Waals surface area (Å²) in [4.78, 5) is 23.4. The van der Waals surface area contributed by atoms with Crippen LogP contribution in [0.3, 0.4) is 0 Å². The summed E-state index contributed by atoms with van der Waals surface area (Å²) in [5.41, 5.74) is 0.963. The Balaban J connectivity index is 1.94. The van der Waals surface area contributed by atoms with Crippen LogP contribution < -0.4 is 15.4 Å². The van der Waals surface area contributed by atoms with Crippen molar-refractivity contribution in [3.8, 4) is 5.75 Å².